The van der Waals surface area contributed by atoms with E-state index in [0.29, 0.717) is 35.4 Å². The van der Waals surface area contributed by atoms with Crippen LogP contribution in [0, 0.1) is 6.92 Å². The number of carbonyl (C=O) groups is 3. The molecule has 0 radical (unpaired) electrons. The minimum Gasteiger partial charge on any atom is -0.459 e. The van der Waals surface area contributed by atoms with Crippen LogP contribution in [-0.2, 0) is 6.42 Å². The van der Waals surface area contributed by atoms with Crippen LogP contribution in [0.15, 0.2) is 55.1 Å². The van der Waals surface area contributed by atoms with Gasteiger partial charge in [-0.2, -0.15) is 5.10 Å². The molecule has 3 N–H and O–H groups in total. The molecule has 4 rings (SSSR count). The van der Waals surface area contributed by atoms with Crippen molar-refractivity contribution in [2.45, 2.75) is 26.2 Å². The van der Waals surface area contributed by atoms with E-state index < -0.39 is 17.7 Å². The Hall–Kier alpha value is -4.08. The number of hydrogen-bond acceptors (Lipinski definition) is 7. The summed E-state index contributed by atoms with van der Waals surface area (Å²) in [6, 6.07) is 6.17. The molecule has 0 fully saturated rings. The van der Waals surface area contributed by atoms with Gasteiger partial charge in [0, 0.05) is 17.5 Å². The second kappa shape index (κ2) is 8.11. The Morgan fingerprint density at radius 3 is 2.27 bits per heavy atom. The van der Waals surface area contributed by atoms with E-state index in [1.54, 1.807) is 19.1 Å². The predicted molar refractivity (Wildman–Crippen MR) is 103 cm³/mol. The Bertz CT molecular complexity index is 1110. The van der Waals surface area contributed by atoms with E-state index in [2.05, 4.69) is 21.4 Å². The second-order valence-corrected chi connectivity index (χ2v) is 6.57. The van der Waals surface area contributed by atoms with Gasteiger partial charge < -0.3 is 13.3 Å². The summed E-state index contributed by atoms with van der Waals surface area (Å²) >= 11 is 0. The van der Waals surface area contributed by atoms with Crippen LogP contribution in [0.4, 0.5) is 0 Å². The molecule has 0 unspecified atom stereocenters. The maximum absolute atomic E-state index is 12.5. The SMILES string of the molecule is Cc1c(C(=O)NNC(=O)c2ccco2)oc2c1/C(=N/NC(=O)c1ccco1)CCC2. The molecule has 0 saturated heterocycles. The van der Waals surface area contributed by atoms with E-state index in [0.717, 1.165) is 6.42 Å². The maximum atomic E-state index is 12.5. The number of nitrogens with one attached hydrogen (secondary N) is 3. The van der Waals surface area contributed by atoms with Gasteiger partial charge in [-0.3, -0.25) is 25.2 Å². The van der Waals surface area contributed by atoms with Gasteiger partial charge in [-0.25, -0.2) is 5.43 Å². The van der Waals surface area contributed by atoms with E-state index in [-0.39, 0.29) is 17.3 Å². The molecule has 3 heterocycles. The fourth-order valence-corrected chi connectivity index (χ4v) is 3.22. The number of furan rings is 3. The second-order valence-electron chi connectivity index (χ2n) is 6.57. The van der Waals surface area contributed by atoms with E-state index in [9.17, 15) is 14.4 Å². The third kappa shape index (κ3) is 3.75. The van der Waals surface area contributed by atoms with E-state index >= 15 is 0 Å². The Morgan fingerprint density at radius 2 is 1.60 bits per heavy atom. The van der Waals surface area contributed by atoms with Crippen LogP contribution in [0.1, 0.15) is 61.4 Å². The van der Waals surface area contributed by atoms with Gasteiger partial charge in [0.25, 0.3) is 0 Å². The van der Waals surface area contributed by atoms with Gasteiger partial charge in [0.1, 0.15) is 5.76 Å². The number of amides is 3. The van der Waals surface area contributed by atoms with Gasteiger partial charge >= 0.3 is 17.7 Å². The van der Waals surface area contributed by atoms with Crippen LogP contribution in [0.3, 0.4) is 0 Å². The van der Waals surface area contributed by atoms with E-state index in [4.69, 9.17) is 13.3 Å². The number of fused-ring (bicyclic) bond motifs is 1. The van der Waals surface area contributed by atoms with Crippen LogP contribution in [0.5, 0.6) is 0 Å². The molecular weight excluding hydrogens is 392 g/mol. The Kier molecular flexibility index (Phi) is 5.21. The zero-order chi connectivity index (χ0) is 21.1. The lowest BCUT2D eigenvalue weighted by Gasteiger charge is -2.13. The summed E-state index contributed by atoms with van der Waals surface area (Å²) in [5.41, 5.74) is 8.90. The fourth-order valence-electron chi connectivity index (χ4n) is 3.22. The maximum Gasteiger partial charge on any atom is 0.307 e. The number of aryl methyl sites for hydroxylation is 1. The molecule has 0 saturated carbocycles. The molecule has 0 aromatic carbocycles. The highest BCUT2D eigenvalue weighted by atomic mass is 16.4. The summed E-state index contributed by atoms with van der Waals surface area (Å²) in [6.45, 7) is 1.72. The molecule has 154 valence electrons. The highest BCUT2D eigenvalue weighted by Gasteiger charge is 2.28. The molecule has 1 aliphatic rings. The summed E-state index contributed by atoms with van der Waals surface area (Å²) < 4.78 is 15.7. The minimum atomic E-state index is -0.610. The predicted octanol–water partition coefficient (Wildman–Crippen LogP) is 2.32. The highest BCUT2D eigenvalue weighted by molar-refractivity contribution is 6.07. The summed E-state index contributed by atoms with van der Waals surface area (Å²) in [7, 11) is 0. The lowest BCUT2D eigenvalue weighted by molar-refractivity contribution is 0.0815. The van der Waals surface area contributed by atoms with Crippen molar-refractivity contribution >= 4 is 23.4 Å². The van der Waals surface area contributed by atoms with Crippen molar-refractivity contribution in [3.8, 4) is 0 Å². The third-order valence-corrected chi connectivity index (χ3v) is 4.60. The number of hydrazine groups is 1. The van der Waals surface area contributed by atoms with Gasteiger partial charge in [-0.05, 0) is 44.0 Å². The van der Waals surface area contributed by atoms with Crippen molar-refractivity contribution in [2.24, 2.45) is 5.10 Å². The standard InChI is InChI=1S/C20H18N4O6/c1-11-16-12(21-22-18(25)14-7-3-9-28-14)5-2-6-13(16)30-17(11)20(27)24-23-19(26)15-8-4-10-29-15/h3-4,7-10H,2,5-6H2,1H3,(H,22,25)(H,23,26)(H,24,27)/b21-12+. The summed E-state index contributed by atoms with van der Waals surface area (Å²) in [5, 5.41) is 4.21. The quantitative estimate of drug-likeness (QED) is 0.564. The largest absolute Gasteiger partial charge is 0.459 e. The summed E-state index contributed by atoms with van der Waals surface area (Å²) in [4.78, 5) is 36.5. The summed E-state index contributed by atoms with van der Waals surface area (Å²) in [6.07, 6.45) is 4.75. The molecule has 30 heavy (non-hydrogen) atoms. The molecule has 1 aliphatic carbocycles. The first-order valence-electron chi connectivity index (χ1n) is 9.22. The average Bonchev–Trinajstić information content (AvgIpc) is 3.51. The zero-order valence-electron chi connectivity index (χ0n) is 16.0. The van der Waals surface area contributed by atoms with Gasteiger partial charge in [0.05, 0.1) is 18.2 Å². The van der Waals surface area contributed by atoms with Crippen molar-refractivity contribution in [1.82, 2.24) is 16.3 Å². The van der Waals surface area contributed by atoms with Crippen molar-refractivity contribution in [3.63, 3.8) is 0 Å². The first-order valence-corrected chi connectivity index (χ1v) is 9.22. The lowest BCUT2D eigenvalue weighted by atomic mass is 9.93. The van der Waals surface area contributed by atoms with E-state index in [1.165, 1.54) is 24.7 Å². The van der Waals surface area contributed by atoms with Crippen molar-refractivity contribution in [1.29, 1.82) is 0 Å². The van der Waals surface area contributed by atoms with Gasteiger partial charge in [0.15, 0.2) is 17.3 Å². The molecule has 0 bridgehead atoms. The van der Waals surface area contributed by atoms with Crippen molar-refractivity contribution in [2.75, 3.05) is 0 Å². The van der Waals surface area contributed by atoms with Crippen molar-refractivity contribution in [3.05, 3.63) is 71.0 Å². The highest BCUT2D eigenvalue weighted by Crippen LogP contribution is 2.29. The Morgan fingerprint density at radius 1 is 0.933 bits per heavy atom. The molecule has 0 aliphatic heterocycles. The zero-order valence-corrected chi connectivity index (χ0v) is 16.0. The molecule has 10 nitrogen and oxygen atoms in total. The van der Waals surface area contributed by atoms with Crippen LogP contribution in [0.25, 0.3) is 0 Å². The third-order valence-electron chi connectivity index (χ3n) is 4.60. The fraction of sp³-hybridized carbons (Fsp3) is 0.200. The van der Waals surface area contributed by atoms with Crippen LogP contribution < -0.4 is 16.3 Å². The number of hydrazone groups is 1. The van der Waals surface area contributed by atoms with Crippen LogP contribution >= 0.6 is 0 Å². The number of carbonyl (C=O) groups excluding carboxylic acids is 3. The number of rotatable bonds is 4. The van der Waals surface area contributed by atoms with Crippen LogP contribution in [-0.4, -0.2) is 23.4 Å². The lowest BCUT2D eigenvalue weighted by Crippen LogP contribution is -2.41. The van der Waals surface area contributed by atoms with Crippen LogP contribution in [0.2, 0.25) is 0 Å². The van der Waals surface area contributed by atoms with E-state index in [1.807, 2.05) is 0 Å². The Balaban J connectivity index is 1.49. The molecule has 0 atom stereocenters. The normalized spacial score (nSPS) is 14.2. The Labute approximate surface area is 170 Å². The first-order chi connectivity index (χ1) is 14.5. The minimum absolute atomic E-state index is 0.0618. The molecule has 0 spiro atoms. The topological polar surface area (TPSA) is 139 Å². The van der Waals surface area contributed by atoms with Gasteiger partial charge in [-0.15, -0.1) is 0 Å². The summed E-state index contributed by atoms with van der Waals surface area (Å²) in [5.74, 6) is -0.802. The molecule has 10 heteroatoms. The average molecular weight is 410 g/mol. The first kappa shape index (κ1) is 19.2. The van der Waals surface area contributed by atoms with Gasteiger partial charge in [0.2, 0.25) is 0 Å². The molecular formula is C20H18N4O6. The smallest absolute Gasteiger partial charge is 0.307 e. The molecule has 3 amide bonds. The van der Waals surface area contributed by atoms with Gasteiger partial charge in [-0.1, -0.05) is 0 Å². The monoisotopic (exact) mass is 410 g/mol. The number of hydrogen-bond donors (Lipinski definition) is 3. The molecule has 3 aromatic heterocycles. The van der Waals surface area contributed by atoms with Crippen molar-refractivity contribution < 1.29 is 27.6 Å². The number of nitrogens with zero attached hydrogens (tertiary/aromatic N) is 1. The molecule has 3 aromatic rings.